The van der Waals surface area contributed by atoms with Crippen molar-refractivity contribution in [2.75, 3.05) is 39.7 Å². The first-order valence-corrected chi connectivity index (χ1v) is 32.3. The van der Waals surface area contributed by atoms with Gasteiger partial charge in [0, 0.05) is 56.5 Å². The second-order valence-electron chi connectivity index (χ2n) is 24.9. The molecule has 11 bridgehead atoms. The van der Waals surface area contributed by atoms with Crippen LogP contribution in [0.2, 0.25) is 0 Å². The molecule has 3 fully saturated rings. The molecule has 0 amide bonds. The number of aromatic hydroxyl groups is 3. The summed E-state index contributed by atoms with van der Waals surface area (Å²) in [5.41, 5.74) is 4.95. The highest BCUT2D eigenvalue weighted by Gasteiger charge is 2.66. The third-order valence-electron chi connectivity index (χ3n) is 19.9. The minimum Gasteiger partial charge on any atom is -0.508 e. The summed E-state index contributed by atoms with van der Waals surface area (Å²) in [6.07, 6.45) is 4.93. The number of methoxy groups -OCH3 is 2. The summed E-state index contributed by atoms with van der Waals surface area (Å²) in [6.45, 7) is 2.89. The zero-order chi connectivity index (χ0) is 58.7. The highest BCUT2D eigenvalue weighted by atomic mass is 33.1. The summed E-state index contributed by atoms with van der Waals surface area (Å²) in [5, 5.41) is 64.7. The Bertz CT molecular complexity index is 3640. The SMILES string of the molecule is COC[C@@H]1C#C[C@H]2C[C@@H]3CSS[C@H](O)COc4cc5c(cc4O)C[C@@H]4[C@@H]6[C@H]5C[C@@H](C[C@@H](OC(C)=O)[C@H]5Cc7cc(OC)c(O)cc7[C@H](C[C@H]4O)[C@@]65/C=C/c4ccccc4)OC(=O)[C@@](C2)(C3)c2ccc3cc(O)cc(c3c2)-c2cccc(c2)CNC1. The van der Waals surface area contributed by atoms with Gasteiger partial charge in [0.25, 0.3) is 0 Å². The summed E-state index contributed by atoms with van der Waals surface area (Å²) in [5.74, 6) is 4.97. The molecule has 15 heteroatoms. The smallest absolute Gasteiger partial charge is 0.316 e. The average molecular weight is 1180 g/mol. The maximum absolute atomic E-state index is 16.8. The second kappa shape index (κ2) is 23.6. The van der Waals surface area contributed by atoms with E-state index in [2.05, 4.69) is 59.6 Å². The third kappa shape index (κ3) is 10.8. The van der Waals surface area contributed by atoms with Crippen molar-refractivity contribution in [3.63, 3.8) is 0 Å². The molecule has 2 heterocycles. The quantitative estimate of drug-likeness (QED) is 0.0524. The van der Waals surface area contributed by atoms with Crippen molar-refractivity contribution in [1.29, 1.82) is 0 Å². The van der Waals surface area contributed by atoms with Crippen molar-refractivity contribution in [2.45, 2.75) is 106 Å². The van der Waals surface area contributed by atoms with Crippen molar-refractivity contribution in [3.05, 3.63) is 154 Å². The Morgan fingerprint density at radius 3 is 2.53 bits per heavy atom. The van der Waals surface area contributed by atoms with Crippen molar-refractivity contribution in [2.24, 2.45) is 40.9 Å². The summed E-state index contributed by atoms with van der Waals surface area (Å²) >= 11 is 0. The first-order valence-electron chi connectivity index (χ1n) is 29.9. The molecule has 85 heavy (non-hydrogen) atoms. The average Bonchev–Trinajstić information content (AvgIpc) is 1.09. The number of rotatable bonds is 6. The van der Waals surface area contributed by atoms with E-state index in [4.69, 9.17) is 23.7 Å². The first-order chi connectivity index (χ1) is 41.2. The van der Waals surface area contributed by atoms with E-state index < -0.39 is 70.2 Å². The minimum absolute atomic E-state index is 0.0126. The molecule has 442 valence electrons. The largest absolute Gasteiger partial charge is 0.508 e. The molecule has 6 aromatic carbocycles. The van der Waals surface area contributed by atoms with Crippen LogP contribution < -0.4 is 14.8 Å². The predicted molar refractivity (Wildman–Crippen MR) is 329 cm³/mol. The third-order valence-corrected chi connectivity index (χ3v) is 22.4. The number of phenolic OH excluding ortho intramolecular Hbond substituents is 3. The van der Waals surface area contributed by atoms with E-state index in [0.717, 1.165) is 60.8 Å². The van der Waals surface area contributed by atoms with E-state index >= 15 is 4.79 Å². The monoisotopic (exact) mass is 1180 g/mol. The van der Waals surface area contributed by atoms with Gasteiger partial charge in [-0.05, 0) is 184 Å². The molecule has 14 atom stereocenters. The Balaban J connectivity index is 1.03. The molecule has 2 aliphatic heterocycles. The van der Waals surface area contributed by atoms with Gasteiger partial charge in [-0.1, -0.05) is 106 Å². The zero-order valence-corrected chi connectivity index (χ0v) is 49.7. The fourth-order valence-electron chi connectivity index (χ4n) is 16.5. The Kier molecular flexibility index (Phi) is 15.9. The topological polar surface area (TPSA) is 193 Å². The number of fused-ring (bicyclic) bond motifs is 10. The molecule has 0 radical (unpaired) electrons. The van der Waals surface area contributed by atoms with Crippen LogP contribution in [0.4, 0.5) is 0 Å². The van der Waals surface area contributed by atoms with Gasteiger partial charge in [0.2, 0.25) is 0 Å². The van der Waals surface area contributed by atoms with Crippen LogP contribution >= 0.6 is 21.6 Å². The highest BCUT2D eigenvalue weighted by molar-refractivity contribution is 8.76. The lowest BCUT2D eigenvalue weighted by Gasteiger charge is -2.64. The van der Waals surface area contributed by atoms with Gasteiger partial charge >= 0.3 is 11.9 Å². The van der Waals surface area contributed by atoms with Crippen molar-refractivity contribution < 1.29 is 58.8 Å². The second-order valence-corrected chi connectivity index (χ2v) is 27.5. The van der Waals surface area contributed by atoms with Gasteiger partial charge in [-0.2, -0.15) is 0 Å². The number of allylic oxidation sites excluding steroid dienone is 1. The number of aliphatic hydroxyl groups is 2. The lowest BCUT2D eigenvalue weighted by molar-refractivity contribution is -0.179. The molecular formula is C70H73NO12S2. The zero-order valence-electron chi connectivity index (χ0n) is 48.1. The van der Waals surface area contributed by atoms with E-state index in [-0.39, 0.29) is 66.1 Å². The molecule has 0 saturated heterocycles. The van der Waals surface area contributed by atoms with Crippen molar-refractivity contribution >= 4 is 50.4 Å². The van der Waals surface area contributed by atoms with Gasteiger partial charge in [0.1, 0.15) is 30.0 Å². The predicted octanol–water partition coefficient (Wildman–Crippen LogP) is 11.4. The number of phenols is 3. The van der Waals surface area contributed by atoms with Gasteiger partial charge in [-0.15, -0.1) is 0 Å². The summed E-state index contributed by atoms with van der Waals surface area (Å²) < 4.78 is 32.1. The lowest BCUT2D eigenvalue weighted by Crippen LogP contribution is -2.62. The van der Waals surface area contributed by atoms with Crippen molar-refractivity contribution in [1.82, 2.24) is 5.32 Å². The summed E-state index contributed by atoms with van der Waals surface area (Å²) in [6, 6.07) is 35.4. The van der Waals surface area contributed by atoms with E-state index in [1.807, 2.05) is 54.6 Å². The lowest BCUT2D eigenvalue weighted by atomic mass is 9.40. The molecule has 5 aliphatic carbocycles. The summed E-state index contributed by atoms with van der Waals surface area (Å²) in [7, 11) is 6.02. The van der Waals surface area contributed by atoms with Crippen LogP contribution in [0.5, 0.6) is 28.7 Å². The van der Waals surface area contributed by atoms with Gasteiger partial charge < -0.3 is 54.5 Å². The number of carbonyl (C=O) groups excluding carboxylic acids is 2. The molecule has 6 aromatic rings. The van der Waals surface area contributed by atoms with Gasteiger partial charge in [-0.3, -0.25) is 9.59 Å². The Hall–Kier alpha value is -6.64. The number of hydrogen-bond acceptors (Lipinski definition) is 15. The van der Waals surface area contributed by atoms with E-state index in [0.29, 0.717) is 69.7 Å². The molecule has 13 rings (SSSR count). The van der Waals surface area contributed by atoms with Crippen LogP contribution in [-0.2, 0) is 48.6 Å². The maximum Gasteiger partial charge on any atom is 0.316 e. The molecule has 6 N–H and O–H groups in total. The molecule has 0 unspecified atom stereocenters. The Morgan fingerprint density at radius 2 is 1.71 bits per heavy atom. The van der Waals surface area contributed by atoms with Crippen LogP contribution in [0.1, 0.15) is 96.2 Å². The Labute approximate surface area is 504 Å². The fraction of sp³-hybridized carbons (Fsp3) is 0.429. The number of hydrogen-bond donors (Lipinski definition) is 6. The fourth-order valence-corrected chi connectivity index (χ4v) is 18.8. The minimum atomic E-state index is -1.28. The number of aliphatic hydroxyl groups excluding tert-OH is 2. The molecule has 1 spiro atoms. The van der Waals surface area contributed by atoms with Gasteiger partial charge in [0.15, 0.2) is 23.0 Å². The van der Waals surface area contributed by atoms with E-state index in [1.165, 1.54) is 35.6 Å². The molecular weight excluding hydrogens is 1110 g/mol. The maximum atomic E-state index is 16.8. The highest BCUT2D eigenvalue weighted by Crippen LogP contribution is 2.70. The van der Waals surface area contributed by atoms with Crippen LogP contribution in [0, 0.1) is 52.8 Å². The number of carbonyl (C=O) groups is 2. The van der Waals surface area contributed by atoms with Crippen molar-refractivity contribution in [3.8, 4) is 51.7 Å². The first kappa shape index (κ1) is 57.4. The van der Waals surface area contributed by atoms with E-state index in [1.54, 1.807) is 31.4 Å². The molecule has 7 aliphatic rings. The standard InChI is InChI=1S/C70H73NO12S2/c1-39(72)82-63-28-51-27-56-54-30-65(61(75)23-47(54)21-57-60(74)31-58-55-29-62(76)64(80-3)24-48(55)22-59(63)70(58,67(56)57)17-16-40-8-5-4-6-9-40)81-37-66(77)85-84-38-44-18-41-12-13-43(36-79-2)35-71-34-42-10-7-11-45(19-42)53-26-50(73)20-46-14-15-49(25-52(46)53)69(32-41,33-44)68(78)83-51/h4-11,14-17,19-20,23-26,29-30,41,43-44,51,56-60,63,66-67,71,73-77H,18,21-22,27-28,31-38H2,1-3H3/b17-16+/t41-,43+,44-,51-,56-,57-,58-,59+,60+,63+,66-,67-,69-,70+/m0/s1. The van der Waals surface area contributed by atoms with Crippen LogP contribution in [0.25, 0.3) is 28.0 Å². The van der Waals surface area contributed by atoms with Crippen LogP contribution in [0.3, 0.4) is 0 Å². The number of nitrogens with one attached hydrogen (secondary N) is 1. The van der Waals surface area contributed by atoms with Crippen LogP contribution in [0.15, 0.2) is 115 Å². The molecule has 13 nitrogen and oxygen atoms in total. The molecule has 0 aromatic heterocycles. The number of esters is 2. The number of benzene rings is 6. The Morgan fingerprint density at radius 1 is 0.859 bits per heavy atom. The van der Waals surface area contributed by atoms with Gasteiger partial charge in [-0.25, -0.2) is 0 Å². The van der Waals surface area contributed by atoms with E-state index in [9.17, 15) is 30.3 Å². The van der Waals surface area contributed by atoms with Gasteiger partial charge in [0.05, 0.1) is 31.2 Å². The van der Waals surface area contributed by atoms with Crippen LogP contribution in [-0.4, -0.2) is 101 Å². The normalized spacial score (nSPS) is 31.4. The molecule has 3 saturated carbocycles. The number of ether oxygens (including phenoxy) is 5. The summed E-state index contributed by atoms with van der Waals surface area (Å²) in [4.78, 5) is 30.7.